The summed E-state index contributed by atoms with van der Waals surface area (Å²) in [5, 5.41) is 19.0. The number of hydrogen-bond acceptors (Lipinski definition) is 10. The lowest BCUT2D eigenvalue weighted by Crippen LogP contribution is -2.51. The van der Waals surface area contributed by atoms with E-state index in [0.717, 1.165) is 19.2 Å². The molecule has 13 heteroatoms. The van der Waals surface area contributed by atoms with Gasteiger partial charge in [-0.1, -0.05) is 26.7 Å². The zero-order valence-electron chi connectivity index (χ0n) is 24.5. The lowest BCUT2D eigenvalue weighted by atomic mass is 9.81. The number of hydrogen-bond donors (Lipinski definition) is 4. The van der Waals surface area contributed by atoms with Crippen LogP contribution in [0, 0.1) is 11.8 Å². The third-order valence-electron chi connectivity index (χ3n) is 6.32. The van der Waals surface area contributed by atoms with Gasteiger partial charge in [0.05, 0.1) is 32.1 Å². The number of aliphatic hydroxyl groups is 1. The Morgan fingerprint density at radius 2 is 1.67 bits per heavy atom. The monoisotopic (exact) mass is 558 g/mol. The average molecular weight is 559 g/mol. The van der Waals surface area contributed by atoms with E-state index in [1.807, 2.05) is 13.8 Å². The van der Waals surface area contributed by atoms with Gasteiger partial charge in [-0.25, -0.2) is 14.4 Å². The van der Waals surface area contributed by atoms with E-state index in [-0.39, 0.29) is 24.8 Å². The number of nitrogens with one attached hydrogen (secondary N) is 3. The SMILES string of the molecule is CCC(CC)C(NC(C)=O)[C@H]1[C@@H](O)[C@H](OC(=O)OC)C[C@H]1N=CNC(=O)OC(C)(C)CNC(=O)OC(C)(C)C. The Bertz CT molecular complexity index is 868. The summed E-state index contributed by atoms with van der Waals surface area (Å²) in [6, 6.07) is -1.06. The summed E-state index contributed by atoms with van der Waals surface area (Å²) < 4.78 is 20.4. The molecule has 39 heavy (non-hydrogen) atoms. The minimum Gasteiger partial charge on any atom is -0.444 e. The Labute approximate surface area is 230 Å². The molecule has 4 N–H and O–H groups in total. The zero-order valence-corrected chi connectivity index (χ0v) is 24.5. The molecule has 13 nitrogen and oxygen atoms in total. The van der Waals surface area contributed by atoms with Crippen LogP contribution in [0.5, 0.6) is 0 Å². The number of carbonyl (C=O) groups excluding carboxylic acids is 4. The molecule has 3 amide bonds. The van der Waals surface area contributed by atoms with E-state index in [1.165, 1.54) is 14.0 Å². The summed E-state index contributed by atoms with van der Waals surface area (Å²) in [6.07, 6.45) is -1.66. The van der Waals surface area contributed by atoms with Crippen LogP contribution >= 0.6 is 0 Å². The number of alkyl carbamates (subject to hydrolysis) is 2. The molecule has 1 fully saturated rings. The van der Waals surface area contributed by atoms with Gasteiger partial charge in [0.2, 0.25) is 5.91 Å². The average Bonchev–Trinajstić information content (AvgIpc) is 3.10. The molecular formula is C26H46N4O9. The Morgan fingerprint density at radius 1 is 1.05 bits per heavy atom. The predicted octanol–water partition coefficient (Wildman–Crippen LogP) is 2.89. The second-order valence-electron chi connectivity index (χ2n) is 11.2. The maximum Gasteiger partial charge on any atom is 0.508 e. The standard InChI is InChI=1S/C26H46N4O9/c1-10-16(11-2)20(30-15(3)31)19-17(12-18(21(19)32)37-24(35)36-9)28-14-29-23(34)39-26(7,8)13-27-22(33)38-25(4,5)6/h14,16-21,32H,10-13H2,1-9H3,(H,27,33)(H,30,31)(H,28,29,34)/t17-,18-,19+,20?,21+/m1/s1. The first-order valence-electron chi connectivity index (χ1n) is 13.2. The number of methoxy groups -OCH3 is 1. The normalized spacial score (nSPS) is 22.2. The van der Waals surface area contributed by atoms with Crippen molar-refractivity contribution in [2.75, 3.05) is 13.7 Å². The molecule has 1 aliphatic carbocycles. The van der Waals surface area contributed by atoms with Crippen LogP contribution < -0.4 is 16.0 Å². The van der Waals surface area contributed by atoms with E-state index in [1.54, 1.807) is 34.6 Å². The summed E-state index contributed by atoms with van der Waals surface area (Å²) in [7, 11) is 1.17. The molecule has 1 aliphatic rings. The van der Waals surface area contributed by atoms with Crippen LogP contribution in [0.15, 0.2) is 4.99 Å². The third kappa shape index (κ3) is 11.7. The van der Waals surface area contributed by atoms with Crippen LogP contribution in [0.1, 0.15) is 74.7 Å². The molecule has 0 spiro atoms. The third-order valence-corrected chi connectivity index (χ3v) is 6.32. The van der Waals surface area contributed by atoms with Gasteiger partial charge < -0.3 is 34.7 Å². The van der Waals surface area contributed by atoms with E-state index < -0.39 is 59.8 Å². The van der Waals surface area contributed by atoms with Gasteiger partial charge >= 0.3 is 18.3 Å². The number of aliphatic imine (C=N–C) groups is 1. The smallest absolute Gasteiger partial charge is 0.444 e. The molecule has 1 saturated carbocycles. The fourth-order valence-electron chi connectivity index (χ4n) is 4.57. The lowest BCUT2D eigenvalue weighted by molar-refractivity contribution is -0.121. The van der Waals surface area contributed by atoms with Crippen molar-refractivity contribution in [1.82, 2.24) is 16.0 Å². The molecule has 1 rings (SSSR count). The van der Waals surface area contributed by atoms with Gasteiger partial charge in [0, 0.05) is 25.3 Å². The molecule has 0 saturated heterocycles. The molecule has 0 aromatic rings. The number of rotatable bonds is 11. The van der Waals surface area contributed by atoms with Crippen LogP contribution in [0.2, 0.25) is 0 Å². The summed E-state index contributed by atoms with van der Waals surface area (Å²) >= 11 is 0. The summed E-state index contributed by atoms with van der Waals surface area (Å²) in [6.45, 7) is 13.8. The van der Waals surface area contributed by atoms with E-state index in [0.29, 0.717) is 0 Å². The van der Waals surface area contributed by atoms with Gasteiger partial charge in [-0.05, 0) is 40.5 Å². The molecule has 0 heterocycles. The first-order valence-corrected chi connectivity index (χ1v) is 13.2. The number of ether oxygens (including phenoxy) is 4. The molecule has 224 valence electrons. The highest BCUT2D eigenvalue weighted by molar-refractivity contribution is 5.82. The summed E-state index contributed by atoms with van der Waals surface area (Å²) in [5.74, 6) is -0.834. The van der Waals surface area contributed by atoms with Gasteiger partial charge in [-0.2, -0.15) is 0 Å². The van der Waals surface area contributed by atoms with Gasteiger partial charge in [0.15, 0.2) is 0 Å². The van der Waals surface area contributed by atoms with Crippen molar-refractivity contribution in [3.63, 3.8) is 0 Å². The number of carbonyl (C=O) groups is 4. The van der Waals surface area contributed by atoms with E-state index in [4.69, 9.17) is 14.2 Å². The Morgan fingerprint density at radius 3 is 2.18 bits per heavy atom. The zero-order chi connectivity index (χ0) is 30.0. The first-order chi connectivity index (χ1) is 18.0. The van der Waals surface area contributed by atoms with Crippen LogP contribution in [0.3, 0.4) is 0 Å². The van der Waals surface area contributed by atoms with Gasteiger partial charge in [0.1, 0.15) is 17.3 Å². The lowest BCUT2D eigenvalue weighted by Gasteiger charge is -2.35. The molecule has 0 bridgehead atoms. The van der Waals surface area contributed by atoms with Crippen molar-refractivity contribution < 1.29 is 43.2 Å². The second-order valence-corrected chi connectivity index (χ2v) is 11.2. The van der Waals surface area contributed by atoms with Crippen LogP contribution in [-0.4, -0.2) is 84.8 Å². The molecular weight excluding hydrogens is 512 g/mol. The minimum absolute atomic E-state index is 0.00370. The van der Waals surface area contributed by atoms with Crippen LogP contribution in [0.4, 0.5) is 14.4 Å². The summed E-state index contributed by atoms with van der Waals surface area (Å²) in [4.78, 5) is 52.5. The van der Waals surface area contributed by atoms with E-state index >= 15 is 0 Å². The fraction of sp³-hybridized carbons (Fsp3) is 0.808. The molecule has 0 radical (unpaired) electrons. The van der Waals surface area contributed by atoms with Crippen molar-refractivity contribution in [3.8, 4) is 0 Å². The Kier molecular flexibility index (Phi) is 13.0. The van der Waals surface area contributed by atoms with Gasteiger partial charge in [0.25, 0.3) is 0 Å². The Hall–Kier alpha value is -3.09. The van der Waals surface area contributed by atoms with Crippen molar-refractivity contribution >= 4 is 30.6 Å². The van der Waals surface area contributed by atoms with Crippen molar-refractivity contribution in [3.05, 3.63) is 0 Å². The van der Waals surface area contributed by atoms with Gasteiger partial charge in [-0.15, -0.1) is 0 Å². The highest BCUT2D eigenvalue weighted by Gasteiger charge is 2.50. The largest absolute Gasteiger partial charge is 0.508 e. The molecule has 0 aromatic carbocycles. The molecule has 5 atom stereocenters. The van der Waals surface area contributed by atoms with Gasteiger partial charge in [-0.3, -0.25) is 15.1 Å². The van der Waals surface area contributed by atoms with Crippen LogP contribution in [-0.2, 0) is 23.7 Å². The number of nitrogens with zero attached hydrogens (tertiary/aromatic N) is 1. The van der Waals surface area contributed by atoms with E-state index in [9.17, 15) is 24.3 Å². The maximum absolute atomic E-state index is 12.4. The topological polar surface area (TPSA) is 174 Å². The second kappa shape index (κ2) is 14.9. The van der Waals surface area contributed by atoms with Crippen molar-refractivity contribution in [2.24, 2.45) is 16.8 Å². The summed E-state index contributed by atoms with van der Waals surface area (Å²) in [5.41, 5.74) is -1.73. The predicted molar refractivity (Wildman–Crippen MR) is 143 cm³/mol. The van der Waals surface area contributed by atoms with Crippen molar-refractivity contribution in [1.29, 1.82) is 0 Å². The molecule has 0 aromatic heterocycles. The highest BCUT2D eigenvalue weighted by Crippen LogP contribution is 2.37. The number of aliphatic hydroxyl groups excluding tert-OH is 1. The first kappa shape index (κ1) is 33.9. The van der Waals surface area contributed by atoms with Crippen molar-refractivity contribution in [2.45, 2.75) is 110 Å². The highest BCUT2D eigenvalue weighted by atomic mass is 16.7. The quantitative estimate of drug-likeness (QED) is 0.129. The van der Waals surface area contributed by atoms with Crippen LogP contribution in [0.25, 0.3) is 0 Å². The Balaban J connectivity index is 2.97. The molecule has 0 aliphatic heterocycles. The number of amides is 3. The molecule has 1 unspecified atom stereocenters. The fourth-order valence-corrected chi connectivity index (χ4v) is 4.57. The maximum atomic E-state index is 12.4. The minimum atomic E-state index is -1.13. The van der Waals surface area contributed by atoms with E-state index in [2.05, 4.69) is 25.7 Å².